The number of nitrogens with one attached hydrogen (secondary N) is 1. The lowest BCUT2D eigenvalue weighted by molar-refractivity contribution is 0.0516. The molecule has 0 amide bonds. The van der Waals surface area contributed by atoms with Gasteiger partial charge in [-0.2, -0.15) is 0 Å². The van der Waals surface area contributed by atoms with Crippen LogP contribution in [0.5, 0.6) is 0 Å². The number of hydrogen-bond donors (Lipinski definition) is 1. The van der Waals surface area contributed by atoms with E-state index >= 15 is 0 Å². The van der Waals surface area contributed by atoms with E-state index in [0.717, 1.165) is 27.1 Å². The number of H-pyrrole nitrogens is 1. The minimum absolute atomic E-state index is 0.338. The number of aryl methyl sites for hydroxylation is 1. The molecule has 2 aromatic carbocycles. The molecular formula is C21H22ClNO2S. The lowest BCUT2D eigenvalue weighted by Gasteiger charge is -2.06. The molecule has 0 saturated carbocycles. The Labute approximate surface area is 163 Å². The van der Waals surface area contributed by atoms with Crippen LogP contribution in [0.3, 0.4) is 0 Å². The van der Waals surface area contributed by atoms with Crippen LogP contribution < -0.4 is 0 Å². The molecule has 0 aliphatic rings. The van der Waals surface area contributed by atoms with Gasteiger partial charge in [-0.15, -0.1) is 0 Å². The number of benzene rings is 2. The number of aromatic nitrogens is 1. The molecule has 0 saturated heterocycles. The van der Waals surface area contributed by atoms with Crippen molar-refractivity contribution in [3.8, 4) is 0 Å². The van der Waals surface area contributed by atoms with Crippen LogP contribution in [0, 0.1) is 0 Å². The average molecular weight is 388 g/mol. The van der Waals surface area contributed by atoms with Crippen molar-refractivity contribution in [3.05, 3.63) is 58.7 Å². The third kappa shape index (κ3) is 4.25. The van der Waals surface area contributed by atoms with Crippen molar-refractivity contribution in [2.75, 3.05) is 6.61 Å². The molecule has 5 heteroatoms. The number of rotatable bonds is 7. The second kappa shape index (κ2) is 8.65. The quantitative estimate of drug-likeness (QED) is 0.471. The largest absolute Gasteiger partial charge is 0.461 e. The van der Waals surface area contributed by atoms with Crippen LogP contribution in [0.15, 0.2) is 52.3 Å². The summed E-state index contributed by atoms with van der Waals surface area (Å²) < 4.78 is 5.21. The topological polar surface area (TPSA) is 42.1 Å². The zero-order valence-corrected chi connectivity index (χ0v) is 16.5. The van der Waals surface area contributed by atoms with Crippen molar-refractivity contribution in [1.82, 2.24) is 4.98 Å². The summed E-state index contributed by atoms with van der Waals surface area (Å²) in [6.45, 7) is 4.34. The lowest BCUT2D eigenvalue weighted by Crippen LogP contribution is -2.06. The minimum Gasteiger partial charge on any atom is -0.461 e. The monoisotopic (exact) mass is 387 g/mol. The molecule has 1 aromatic heterocycles. The number of halogens is 1. The van der Waals surface area contributed by atoms with E-state index in [0.29, 0.717) is 17.3 Å². The van der Waals surface area contributed by atoms with Crippen molar-refractivity contribution in [2.24, 2.45) is 0 Å². The Morgan fingerprint density at radius 3 is 2.62 bits per heavy atom. The number of unbranched alkanes of at least 4 members (excludes halogenated alkanes) is 1. The number of aromatic amines is 1. The van der Waals surface area contributed by atoms with E-state index in [4.69, 9.17) is 16.3 Å². The van der Waals surface area contributed by atoms with Gasteiger partial charge in [-0.1, -0.05) is 48.8 Å². The number of carbonyl (C=O) groups excluding carboxylic acids is 1. The zero-order chi connectivity index (χ0) is 18.5. The Morgan fingerprint density at radius 2 is 1.92 bits per heavy atom. The first kappa shape index (κ1) is 18.9. The van der Waals surface area contributed by atoms with Gasteiger partial charge >= 0.3 is 5.97 Å². The number of hydrogen-bond acceptors (Lipinski definition) is 3. The Bertz CT molecular complexity index is 902. The number of fused-ring (bicyclic) bond motifs is 1. The van der Waals surface area contributed by atoms with Crippen molar-refractivity contribution >= 4 is 40.2 Å². The molecule has 3 aromatic rings. The normalized spacial score (nSPS) is 11.0. The summed E-state index contributed by atoms with van der Waals surface area (Å²) >= 11 is 7.73. The summed E-state index contributed by atoms with van der Waals surface area (Å²) in [4.78, 5) is 17.5. The van der Waals surface area contributed by atoms with E-state index in [1.807, 2.05) is 18.2 Å². The molecule has 0 fully saturated rings. The maximum Gasteiger partial charge on any atom is 0.355 e. The molecule has 26 heavy (non-hydrogen) atoms. The molecule has 0 aliphatic carbocycles. The van der Waals surface area contributed by atoms with Gasteiger partial charge in [0.1, 0.15) is 5.69 Å². The van der Waals surface area contributed by atoms with Crippen molar-refractivity contribution in [1.29, 1.82) is 0 Å². The van der Waals surface area contributed by atoms with E-state index in [1.54, 1.807) is 18.7 Å². The van der Waals surface area contributed by atoms with Crippen molar-refractivity contribution in [3.63, 3.8) is 0 Å². The van der Waals surface area contributed by atoms with Crippen LogP contribution in [-0.4, -0.2) is 17.6 Å². The molecule has 1 heterocycles. The fourth-order valence-electron chi connectivity index (χ4n) is 2.82. The number of esters is 1. The van der Waals surface area contributed by atoms with Gasteiger partial charge in [-0.05, 0) is 55.7 Å². The van der Waals surface area contributed by atoms with Crippen LogP contribution in [-0.2, 0) is 11.2 Å². The van der Waals surface area contributed by atoms with E-state index in [9.17, 15) is 4.79 Å². The van der Waals surface area contributed by atoms with Crippen LogP contribution in [0.2, 0.25) is 5.02 Å². The third-order valence-electron chi connectivity index (χ3n) is 4.15. The third-order valence-corrected chi connectivity index (χ3v) is 5.53. The highest BCUT2D eigenvalue weighted by atomic mass is 35.5. The van der Waals surface area contributed by atoms with Gasteiger partial charge in [0.05, 0.1) is 11.5 Å². The van der Waals surface area contributed by atoms with Crippen LogP contribution >= 0.6 is 23.4 Å². The molecule has 0 bridgehead atoms. The first-order valence-corrected chi connectivity index (χ1v) is 10.1. The van der Waals surface area contributed by atoms with Crippen LogP contribution in [0.1, 0.15) is 42.7 Å². The highest BCUT2D eigenvalue weighted by Crippen LogP contribution is 2.38. The molecule has 0 spiro atoms. The second-order valence-electron chi connectivity index (χ2n) is 6.09. The molecule has 0 atom stereocenters. The molecular weight excluding hydrogens is 366 g/mol. The van der Waals surface area contributed by atoms with Gasteiger partial charge in [-0.25, -0.2) is 4.79 Å². The first-order valence-electron chi connectivity index (χ1n) is 8.87. The highest BCUT2D eigenvalue weighted by molar-refractivity contribution is 7.99. The second-order valence-corrected chi connectivity index (χ2v) is 7.61. The highest BCUT2D eigenvalue weighted by Gasteiger charge is 2.20. The van der Waals surface area contributed by atoms with Crippen molar-refractivity contribution < 1.29 is 9.53 Å². The Morgan fingerprint density at radius 1 is 1.15 bits per heavy atom. The molecule has 136 valence electrons. The zero-order valence-electron chi connectivity index (χ0n) is 15.0. The summed E-state index contributed by atoms with van der Waals surface area (Å²) in [7, 11) is 0. The van der Waals surface area contributed by atoms with Gasteiger partial charge in [0.2, 0.25) is 0 Å². The standard InChI is InChI=1S/C21H22ClNO2S/c1-3-5-6-14-7-10-16(11-8-14)26-20-17-13-15(22)9-12-18(17)23-19(20)21(24)25-4-2/h7-13,23H,3-6H2,1-2H3. The summed E-state index contributed by atoms with van der Waals surface area (Å²) in [6, 6.07) is 14.1. The molecule has 0 unspecified atom stereocenters. The summed E-state index contributed by atoms with van der Waals surface area (Å²) in [5.74, 6) is -0.345. The smallest absolute Gasteiger partial charge is 0.355 e. The molecule has 3 rings (SSSR count). The fourth-order valence-corrected chi connectivity index (χ4v) is 4.01. The minimum atomic E-state index is -0.345. The first-order chi connectivity index (χ1) is 12.6. The Balaban J connectivity index is 1.95. The van der Waals surface area contributed by atoms with E-state index in [2.05, 4.69) is 36.2 Å². The number of carbonyl (C=O) groups is 1. The van der Waals surface area contributed by atoms with Gasteiger partial charge < -0.3 is 9.72 Å². The van der Waals surface area contributed by atoms with E-state index in [-0.39, 0.29) is 5.97 Å². The summed E-state index contributed by atoms with van der Waals surface area (Å²) in [6.07, 6.45) is 3.48. The summed E-state index contributed by atoms with van der Waals surface area (Å²) in [5, 5.41) is 1.57. The molecule has 1 N–H and O–H groups in total. The van der Waals surface area contributed by atoms with Gasteiger partial charge in [0.25, 0.3) is 0 Å². The average Bonchev–Trinajstić information content (AvgIpc) is 2.99. The Kier molecular flexibility index (Phi) is 6.28. The van der Waals surface area contributed by atoms with Crippen LogP contribution in [0.4, 0.5) is 0 Å². The maximum atomic E-state index is 12.4. The SMILES string of the molecule is CCCCc1ccc(Sc2c(C(=O)OCC)[nH]c3ccc(Cl)cc23)cc1. The van der Waals surface area contributed by atoms with Gasteiger partial charge in [0, 0.05) is 20.8 Å². The predicted molar refractivity (Wildman–Crippen MR) is 108 cm³/mol. The molecule has 3 nitrogen and oxygen atoms in total. The molecule has 0 aliphatic heterocycles. The summed E-state index contributed by atoms with van der Waals surface area (Å²) in [5.41, 5.74) is 2.69. The van der Waals surface area contributed by atoms with Gasteiger partial charge in [0.15, 0.2) is 0 Å². The van der Waals surface area contributed by atoms with Crippen LogP contribution in [0.25, 0.3) is 10.9 Å². The fraction of sp³-hybridized carbons (Fsp3) is 0.286. The number of ether oxygens (including phenoxy) is 1. The van der Waals surface area contributed by atoms with Gasteiger partial charge in [-0.3, -0.25) is 0 Å². The lowest BCUT2D eigenvalue weighted by atomic mass is 10.1. The van der Waals surface area contributed by atoms with Crippen molar-refractivity contribution in [2.45, 2.75) is 42.9 Å². The molecule has 0 radical (unpaired) electrons. The Hall–Kier alpha value is -1.91. The maximum absolute atomic E-state index is 12.4. The predicted octanol–water partition coefficient (Wildman–Crippen LogP) is 6.49. The van der Waals surface area contributed by atoms with E-state index in [1.165, 1.54) is 18.4 Å². The van der Waals surface area contributed by atoms with E-state index < -0.39 is 0 Å².